The highest BCUT2D eigenvalue weighted by atomic mass is 16.5. The molecule has 2 N–H and O–H groups in total. The number of esters is 1. The average Bonchev–Trinajstić information content (AvgIpc) is 3.19. The van der Waals surface area contributed by atoms with E-state index >= 15 is 0 Å². The summed E-state index contributed by atoms with van der Waals surface area (Å²) in [6.07, 6.45) is 1.33. The van der Waals surface area contributed by atoms with E-state index in [1.807, 2.05) is 0 Å². The maximum absolute atomic E-state index is 13.0. The number of fused-ring (bicyclic) bond motifs is 1. The Hall–Kier alpha value is -2.35. The van der Waals surface area contributed by atoms with Crippen LogP contribution in [-0.2, 0) is 27.4 Å². The molecule has 0 aliphatic carbocycles. The molecule has 3 rings (SSSR count). The number of aromatic nitrogens is 1. The monoisotopic (exact) mass is 335 g/mol. The summed E-state index contributed by atoms with van der Waals surface area (Å²) in [6, 6.07) is 0.940. The van der Waals surface area contributed by atoms with Crippen LogP contribution in [0.2, 0.25) is 0 Å². The van der Waals surface area contributed by atoms with Gasteiger partial charge in [-0.3, -0.25) is 9.59 Å². The molecule has 2 amide bonds. The summed E-state index contributed by atoms with van der Waals surface area (Å²) in [5.74, 6) is -1.25. The van der Waals surface area contributed by atoms with Gasteiger partial charge in [-0.2, -0.15) is 0 Å². The van der Waals surface area contributed by atoms with Gasteiger partial charge in [0.1, 0.15) is 11.7 Å². The molecule has 0 unspecified atom stereocenters. The van der Waals surface area contributed by atoms with Gasteiger partial charge in [0.15, 0.2) is 0 Å². The fourth-order valence-corrected chi connectivity index (χ4v) is 3.36. The minimum absolute atomic E-state index is 0.243. The molecule has 0 aromatic carbocycles. The standard InChI is InChI=1S/C16H21N3O5/c1-2-24-16(22)11-4-3-5-19(11)15(21)12-8-10(14(17)20)13-9-23-7-6-18(12)13/h8,11H,2-7,9H2,1H3,(H2,17,20)/t11-/m1/s1. The normalized spacial score (nSPS) is 19.9. The number of nitrogens with zero attached hydrogens (tertiary/aromatic N) is 2. The Bertz CT molecular complexity index is 681. The number of ether oxygens (including phenoxy) is 2. The third kappa shape index (κ3) is 2.77. The van der Waals surface area contributed by atoms with Crippen molar-refractivity contribution in [3.05, 3.63) is 23.0 Å². The van der Waals surface area contributed by atoms with E-state index in [0.29, 0.717) is 43.1 Å². The predicted octanol–water partition coefficient (Wildman–Crippen LogP) is 0.285. The molecule has 130 valence electrons. The zero-order valence-electron chi connectivity index (χ0n) is 13.6. The van der Waals surface area contributed by atoms with Crippen LogP contribution in [0.5, 0.6) is 0 Å². The lowest BCUT2D eigenvalue weighted by Crippen LogP contribution is -2.42. The van der Waals surface area contributed by atoms with Crippen LogP contribution in [0.1, 0.15) is 46.3 Å². The Labute approximate surface area is 139 Å². The Kier molecular flexibility index (Phi) is 4.57. The first kappa shape index (κ1) is 16.5. The molecular formula is C16H21N3O5. The number of hydrogen-bond donors (Lipinski definition) is 1. The lowest BCUT2D eigenvalue weighted by molar-refractivity contribution is -0.147. The van der Waals surface area contributed by atoms with Crippen molar-refractivity contribution >= 4 is 17.8 Å². The maximum atomic E-state index is 13.0. The van der Waals surface area contributed by atoms with Crippen LogP contribution in [0.15, 0.2) is 6.07 Å². The minimum atomic E-state index is -0.591. The van der Waals surface area contributed by atoms with Crippen LogP contribution in [0, 0.1) is 0 Å². The molecule has 1 fully saturated rings. The van der Waals surface area contributed by atoms with Gasteiger partial charge < -0.3 is 24.7 Å². The number of nitrogens with two attached hydrogens (primary N) is 1. The molecule has 8 heteroatoms. The summed E-state index contributed by atoms with van der Waals surface area (Å²) in [7, 11) is 0. The number of amides is 2. The van der Waals surface area contributed by atoms with Gasteiger partial charge in [-0.1, -0.05) is 0 Å². The molecule has 1 atom stereocenters. The molecule has 8 nitrogen and oxygen atoms in total. The Morgan fingerprint density at radius 2 is 2.17 bits per heavy atom. The first-order valence-corrected chi connectivity index (χ1v) is 8.12. The third-order valence-electron chi connectivity index (χ3n) is 4.46. The van der Waals surface area contributed by atoms with Gasteiger partial charge >= 0.3 is 5.97 Å². The van der Waals surface area contributed by atoms with Crippen molar-refractivity contribution in [2.75, 3.05) is 19.8 Å². The van der Waals surface area contributed by atoms with E-state index in [4.69, 9.17) is 15.2 Å². The highest BCUT2D eigenvalue weighted by Crippen LogP contribution is 2.26. The molecule has 24 heavy (non-hydrogen) atoms. The van der Waals surface area contributed by atoms with Gasteiger partial charge in [0, 0.05) is 13.1 Å². The van der Waals surface area contributed by atoms with Gasteiger partial charge in [-0.05, 0) is 25.8 Å². The SMILES string of the molecule is CCOC(=O)[C@H]1CCCN1C(=O)c1cc(C(N)=O)c2n1CCOC2. The lowest BCUT2D eigenvalue weighted by atomic mass is 10.2. The average molecular weight is 335 g/mol. The van der Waals surface area contributed by atoms with Crippen LogP contribution >= 0.6 is 0 Å². The van der Waals surface area contributed by atoms with Crippen molar-refractivity contribution in [3.63, 3.8) is 0 Å². The number of rotatable bonds is 4. The Morgan fingerprint density at radius 3 is 2.88 bits per heavy atom. The second-order valence-corrected chi connectivity index (χ2v) is 5.87. The predicted molar refractivity (Wildman–Crippen MR) is 83.3 cm³/mol. The third-order valence-corrected chi connectivity index (χ3v) is 4.46. The Balaban J connectivity index is 1.92. The van der Waals surface area contributed by atoms with E-state index in [1.165, 1.54) is 11.0 Å². The van der Waals surface area contributed by atoms with Crippen molar-refractivity contribution in [1.82, 2.24) is 9.47 Å². The molecule has 1 saturated heterocycles. The zero-order chi connectivity index (χ0) is 17.3. The second kappa shape index (κ2) is 6.64. The van der Waals surface area contributed by atoms with Crippen LogP contribution in [0.4, 0.5) is 0 Å². The number of carbonyl (C=O) groups excluding carboxylic acids is 3. The van der Waals surface area contributed by atoms with Gasteiger partial charge in [0.2, 0.25) is 0 Å². The summed E-state index contributed by atoms with van der Waals surface area (Å²) in [6.45, 7) is 3.68. The van der Waals surface area contributed by atoms with Gasteiger partial charge in [-0.15, -0.1) is 0 Å². The zero-order valence-corrected chi connectivity index (χ0v) is 13.6. The largest absolute Gasteiger partial charge is 0.464 e. The number of likely N-dealkylation sites (tertiary alicyclic amines) is 1. The van der Waals surface area contributed by atoms with Crippen LogP contribution < -0.4 is 5.73 Å². The summed E-state index contributed by atoms with van der Waals surface area (Å²) in [4.78, 5) is 38.2. The topological polar surface area (TPSA) is 104 Å². The highest BCUT2D eigenvalue weighted by molar-refractivity contribution is 6.01. The summed E-state index contributed by atoms with van der Waals surface area (Å²) in [5, 5.41) is 0. The number of carbonyl (C=O) groups is 3. The maximum Gasteiger partial charge on any atom is 0.328 e. The van der Waals surface area contributed by atoms with Crippen molar-refractivity contribution in [2.45, 2.75) is 39.0 Å². The first-order valence-electron chi connectivity index (χ1n) is 8.12. The van der Waals surface area contributed by atoms with Gasteiger partial charge in [0.25, 0.3) is 11.8 Å². The van der Waals surface area contributed by atoms with E-state index in [1.54, 1.807) is 11.5 Å². The molecule has 2 aliphatic rings. The number of hydrogen-bond acceptors (Lipinski definition) is 5. The lowest BCUT2D eigenvalue weighted by Gasteiger charge is -2.25. The van der Waals surface area contributed by atoms with Crippen molar-refractivity contribution in [2.24, 2.45) is 5.73 Å². The minimum Gasteiger partial charge on any atom is -0.464 e. The summed E-state index contributed by atoms with van der Waals surface area (Å²) < 4.78 is 12.2. The molecular weight excluding hydrogens is 314 g/mol. The van der Waals surface area contributed by atoms with E-state index in [2.05, 4.69) is 0 Å². The van der Waals surface area contributed by atoms with E-state index < -0.39 is 11.9 Å². The molecule has 0 bridgehead atoms. The highest BCUT2D eigenvalue weighted by Gasteiger charge is 2.37. The van der Waals surface area contributed by atoms with Crippen molar-refractivity contribution in [3.8, 4) is 0 Å². The second-order valence-electron chi connectivity index (χ2n) is 5.87. The molecule has 1 aromatic heterocycles. The fraction of sp³-hybridized carbons (Fsp3) is 0.562. The molecule has 0 saturated carbocycles. The first-order chi connectivity index (χ1) is 11.5. The smallest absolute Gasteiger partial charge is 0.328 e. The Morgan fingerprint density at radius 1 is 1.38 bits per heavy atom. The van der Waals surface area contributed by atoms with E-state index in [0.717, 1.165) is 6.42 Å². The number of primary amides is 1. The fourth-order valence-electron chi connectivity index (χ4n) is 3.36. The van der Waals surface area contributed by atoms with Crippen molar-refractivity contribution in [1.29, 1.82) is 0 Å². The van der Waals surface area contributed by atoms with Crippen LogP contribution in [0.3, 0.4) is 0 Å². The molecule has 3 heterocycles. The molecule has 1 aromatic rings. The molecule has 2 aliphatic heterocycles. The van der Waals surface area contributed by atoms with Crippen molar-refractivity contribution < 1.29 is 23.9 Å². The van der Waals surface area contributed by atoms with Crippen LogP contribution in [0.25, 0.3) is 0 Å². The van der Waals surface area contributed by atoms with E-state index in [-0.39, 0.29) is 25.1 Å². The quantitative estimate of drug-likeness (QED) is 0.796. The molecule has 0 spiro atoms. The van der Waals surface area contributed by atoms with Gasteiger partial charge in [-0.25, -0.2) is 4.79 Å². The van der Waals surface area contributed by atoms with E-state index in [9.17, 15) is 14.4 Å². The van der Waals surface area contributed by atoms with Gasteiger partial charge in [0.05, 0.1) is 31.1 Å². The summed E-state index contributed by atoms with van der Waals surface area (Å²) >= 11 is 0. The summed E-state index contributed by atoms with van der Waals surface area (Å²) in [5.41, 5.74) is 6.70. The molecule has 0 radical (unpaired) electrons. The van der Waals surface area contributed by atoms with Crippen LogP contribution in [-0.4, -0.2) is 53.1 Å².